The molecule has 0 saturated heterocycles. The second kappa shape index (κ2) is 4.65. The van der Waals surface area contributed by atoms with Crippen LogP contribution in [0.15, 0.2) is 12.4 Å². The molecule has 0 radical (unpaired) electrons. The van der Waals surface area contributed by atoms with E-state index in [1.165, 1.54) is 0 Å². The highest BCUT2D eigenvalue weighted by Crippen LogP contribution is 2.07. The molecule has 15 heavy (non-hydrogen) atoms. The minimum atomic E-state index is -2.92. The molecule has 1 unspecified atom stereocenters. The van der Waals surface area contributed by atoms with Gasteiger partial charge in [-0.05, 0) is 6.92 Å². The van der Waals surface area contributed by atoms with Crippen LogP contribution in [0.3, 0.4) is 0 Å². The molecule has 1 aromatic rings. The van der Waals surface area contributed by atoms with Gasteiger partial charge < -0.3 is 5.32 Å². The van der Waals surface area contributed by atoms with E-state index in [9.17, 15) is 8.42 Å². The first-order chi connectivity index (χ1) is 6.93. The molecule has 1 heterocycles. The number of aryl methyl sites for hydroxylation is 1. The van der Waals surface area contributed by atoms with Crippen LogP contribution in [0.2, 0.25) is 0 Å². The molecule has 86 valence electrons. The van der Waals surface area contributed by atoms with Crippen molar-refractivity contribution in [3.8, 4) is 0 Å². The van der Waals surface area contributed by atoms with Gasteiger partial charge in [0.05, 0.1) is 17.6 Å². The van der Waals surface area contributed by atoms with Crippen LogP contribution >= 0.6 is 0 Å². The zero-order chi connectivity index (χ0) is 11.5. The number of nitrogens with zero attached hydrogens (tertiary/aromatic N) is 2. The van der Waals surface area contributed by atoms with Crippen molar-refractivity contribution in [3.63, 3.8) is 0 Å². The van der Waals surface area contributed by atoms with E-state index in [1.807, 2.05) is 20.2 Å². The monoisotopic (exact) mass is 231 g/mol. The summed E-state index contributed by atoms with van der Waals surface area (Å²) in [6.45, 7) is 3.51. The quantitative estimate of drug-likeness (QED) is 0.808. The Bertz CT molecular complexity index is 411. The first kappa shape index (κ1) is 12.0. The fourth-order valence-corrected chi connectivity index (χ4v) is 2.40. The zero-order valence-corrected chi connectivity index (χ0v) is 10.1. The first-order valence-electron chi connectivity index (χ1n) is 4.88. The van der Waals surface area contributed by atoms with Crippen LogP contribution in [-0.4, -0.2) is 35.7 Å². The minimum Gasteiger partial charge on any atom is -0.379 e. The van der Waals surface area contributed by atoms with Gasteiger partial charge in [0.25, 0.3) is 0 Å². The Hall–Kier alpha value is -1.04. The predicted molar refractivity (Wildman–Crippen MR) is 60.6 cm³/mol. The van der Waals surface area contributed by atoms with E-state index in [0.717, 1.165) is 5.69 Å². The third-order valence-corrected chi connectivity index (χ3v) is 3.95. The van der Waals surface area contributed by atoms with Gasteiger partial charge in [-0.3, -0.25) is 4.68 Å². The molecule has 0 spiro atoms. The first-order valence-corrected chi connectivity index (χ1v) is 6.70. The lowest BCUT2D eigenvalue weighted by atomic mass is 10.4. The highest BCUT2D eigenvalue weighted by atomic mass is 32.2. The molecule has 0 aliphatic rings. The van der Waals surface area contributed by atoms with Gasteiger partial charge in [-0.1, -0.05) is 6.92 Å². The van der Waals surface area contributed by atoms with Crippen molar-refractivity contribution < 1.29 is 8.42 Å². The second-order valence-electron chi connectivity index (χ2n) is 3.65. The molecule has 0 fully saturated rings. The summed E-state index contributed by atoms with van der Waals surface area (Å²) in [4.78, 5) is 0. The molecule has 1 aromatic heterocycles. The standard InChI is InChI=1S/C9H17N3O2S/c1-4-15(13,14)7-8(2)11-9-5-10-12(3)6-9/h5-6,8,11H,4,7H2,1-3H3. The molecule has 0 aliphatic heterocycles. The Balaban J connectivity index is 2.53. The van der Waals surface area contributed by atoms with Crippen molar-refractivity contribution in [3.05, 3.63) is 12.4 Å². The van der Waals surface area contributed by atoms with Crippen LogP contribution in [0.5, 0.6) is 0 Å². The summed E-state index contributed by atoms with van der Waals surface area (Å²) in [7, 11) is -1.10. The number of sulfone groups is 1. The number of hydrogen-bond acceptors (Lipinski definition) is 4. The Morgan fingerprint density at radius 1 is 1.60 bits per heavy atom. The van der Waals surface area contributed by atoms with Gasteiger partial charge in [0.1, 0.15) is 0 Å². The van der Waals surface area contributed by atoms with Crippen LogP contribution in [0.4, 0.5) is 5.69 Å². The van der Waals surface area contributed by atoms with Crippen LogP contribution in [0.1, 0.15) is 13.8 Å². The predicted octanol–water partition coefficient (Wildman–Crippen LogP) is 0.655. The van der Waals surface area contributed by atoms with Gasteiger partial charge >= 0.3 is 0 Å². The molecule has 1 atom stereocenters. The maximum absolute atomic E-state index is 11.3. The molecule has 0 saturated carbocycles. The van der Waals surface area contributed by atoms with E-state index in [4.69, 9.17) is 0 Å². The summed E-state index contributed by atoms with van der Waals surface area (Å²) < 4.78 is 24.4. The molecular formula is C9H17N3O2S. The molecule has 0 bridgehead atoms. The smallest absolute Gasteiger partial charge is 0.152 e. The SMILES string of the molecule is CCS(=O)(=O)CC(C)Nc1cnn(C)c1. The molecular weight excluding hydrogens is 214 g/mol. The Morgan fingerprint density at radius 3 is 2.73 bits per heavy atom. The number of hydrogen-bond donors (Lipinski definition) is 1. The molecule has 1 rings (SSSR count). The fourth-order valence-electron chi connectivity index (χ4n) is 1.32. The highest BCUT2D eigenvalue weighted by Gasteiger charge is 2.13. The Morgan fingerprint density at radius 2 is 2.27 bits per heavy atom. The number of nitrogens with one attached hydrogen (secondary N) is 1. The van der Waals surface area contributed by atoms with Gasteiger partial charge in [0, 0.05) is 25.0 Å². The third-order valence-electron chi connectivity index (χ3n) is 2.06. The van der Waals surface area contributed by atoms with Gasteiger partial charge in [0.2, 0.25) is 0 Å². The summed E-state index contributed by atoms with van der Waals surface area (Å²) in [6.07, 6.45) is 3.49. The van der Waals surface area contributed by atoms with Gasteiger partial charge in [-0.2, -0.15) is 5.10 Å². The number of anilines is 1. The lowest BCUT2D eigenvalue weighted by Crippen LogP contribution is -2.26. The fraction of sp³-hybridized carbons (Fsp3) is 0.667. The number of aromatic nitrogens is 2. The van der Waals surface area contributed by atoms with E-state index in [-0.39, 0.29) is 17.5 Å². The van der Waals surface area contributed by atoms with Crippen molar-refractivity contribution in [2.75, 3.05) is 16.8 Å². The van der Waals surface area contributed by atoms with Crippen molar-refractivity contribution >= 4 is 15.5 Å². The summed E-state index contributed by atoms with van der Waals surface area (Å²) in [5.41, 5.74) is 0.844. The van der Waals surface area contributed by atoms with E-state index < -0.39 is 9.84 Å². The molecule has 0 aromatic carbocycles. The van der Waals surface area contributed by atoms with Crippen molar-refractivity contribution in [1.82, 2.24) is 9.78 Å². The van der Waals surface area contributed by atoms with Crippen molar-refractivity contribution in [2.24, 2.45) is 7.05 Å². The van der Waals surface area contributed by atoms with Crippen LogP contribution in [0.25, 0.3) is 0 Å². The van der Waals surface area contributed by atoms with Gasteiger partial charge in [0.15, 0.2) is 9.84 Å². The van der Waals surface area contributed by atoms with Gasteiger partial charge in [-0.15, -0.1) is 0 Å². The summed E-state index contributed by atoms with van der Waals surface area (Å²) >= 11 is 0. The highest BCUT2D eigenvalue weighted by molar-refractivity contribution is 7.91. The second-order valence-corrected chi connectivity index (χ2v) is 6.04. The maximum atomic E-state index is 11.3. The molecule has 1 N–H and O–H groups in total. The van der Waals surface area contributed by atoms with Crippen molar-refractivity contribution in [2.45, 2.75) is 19.9 Å². The lowest BCUT2D eigenvalue weighted by molar-refractivity contribution is 0.593. The van der Waals surface area contributed by atoms with Crippen LogP contribution in [0, 0.1) is 0 Å². The van der Waals surface area contributed by atoms with E-state index in [2.05, 4.69) is 10.4 Å². The average Bonchev–Trinajstić information content (AvgIpc) is 2.50. The van der Waals surface area contributed by atoms with E-state index in [1.54, 1.807) is 17.8 Å². The van der Waals surface area contributed by atoms with E-state index in [0.29, 0.717) is 0 Å². The molecule has 0 aliphatic carbocycles. The third kappa shape index (κ3) is 3.91. The minimum absolute atomic E-state index is 0.0980. The van der Waals surface area contributed by atoms with Crippen LogP contribution < -0.4 is 5.32 Å². The van der Waals surface area contributed by atoms with E-state index >= 15 is 0 Å². The summed E-state index contributed by atoms with van der Waals surface area (Å²) in [5.74, 6) is 0.338. The zero-order valence-electron chi connectivity index (χ0n) is 9.27. The van der Waals surface area contributed by atoms with Gasteiger partial charge in [-0.25, -0.2) is 8.42 Å². The Labute approximate surface area is 90.4 Å². The lowest BCUT2D eigenvalue weighted by Gasteiger charge is -2.12. The Kier molecular flexibility index (Phi) is 3.73. The summed E-state index contributed by atoms with van der Waals surface area (Å²) in [5, 5.41) is 7.08. The van der Waals surface area contributed by atoms with Crippen LogP contribution in [-0.2, 0) is 16.9 Å². The normalized spacial score (nSPS) is 13.8. The summed E-state index contributed by atoms with van der Waals surface area (Å²) in [6, 6.07) is -0.0980. The topological polar surface area (TPSA) is 64.0 Å². The largest absolute Gasteiger partial charge is 0.379 e. The molecule has 0 amide bonds. The maximum Gasteiger partial charge on any atom is 0.152 e. The molecule has 5 nitrogen and oxygen atoms in total. The molecule has 6 heteroatoms. The number of rotatable bonds is 5. The van der Waals surface area contributed by atoms with Crippen molar-refractivity contribution in [1.29, 1.82) is 0 Å². The average molecular weight is 231 g/mol.